The number of fused-ring (bicyclic) bond motifs is 1. The minimum absolute atomic E-state index is 0.171. The summed E-state index contributed by atoms with van der Waals surface area (Å²) in [5, 5.41) is 14.2. The van der Waals surface area contributed by atoms with Gasteiger partial charge < -0.3 is 10.2 Å². The van der Waals surface area contributed by atoms with Gasteiger partial charge in [-0.25, -0.2) is 0 Å². The molecule has 5 nitrogen and oxygen atoms in total. The number of likely N-dealkylation sites (tertiary alicyclic amines) is 1. The molecule has 0 aliphatic carbocycles. The van der Waals surface area contributed by atoms with Gasteiger partial charge in [0.2, 0.25) is 0 Å². The molecule has 2 heterocycles. The Morgan fingerprint density at radius 2 is 2.10 bits per heavy atom. The second-order valence-corrected chi connectivity index (χ2v) is 5.90. The van der Waals surface area contributed by atoms with Gasteiger partial charge >= 0.3 is 0 Å². The summed E-state index contributed by atoms with van der Waals surface area (Å²) in [7, 11) is 0. The zero-order valence-corrected chi connectivity index (χ0v) is 11.6. The van der Waals surface area contributed by atoms with E-state index in [0.29, 0.717) is 6.04 Å². The summed E-state index contributed by atoms with van der Waals surface area (Å²) >= 11 is 0. The van der Waals surface area contributed by atoms with E-state index in [4.69, 9.17) is 0 Å². The number of nitrogens with zero attached hydrogens (tertiary/aromatic N) is 2. The maximum Gasteiger partial charge on any atom is 0.269 e. The molecule has 0 aromatic heterocycles. The quantitative estimate of drug-likeness (QED) is 0.672. The van der Waals surface area contributed by atoms with Crippen molar-refractivity contribution in [2.45, 2.75) is 25.3 Å². The summed E-state index contributed by atoms with van der Waals surface area (Å²) in [5.41, 5.74) is 1.35. The van der Waals surface area contributed by atoms with Crippen LogP contribution in [0.15, 0.2) is 24.3 Å². The van der Waals surface area contributed by atoms with Crippen molar-refractivity contribution in [1.29, 1.82) is 0 Å². The number of benzene rings is 1. The molecule has 0 spiro atoms. The first kappa shape index (κ1) is 13.5. The van der Waals surface area contributed by atoms with E-state index in [9.17, 15) is 10.1 Å². The topological polar surface area (TPSA) is 58.4 Å². The van der Waals surface area contributed by atoms with E-state index in [0.717, 1.165) is 32.0 Å². The van der Waals surface area contributed by atoms with Crippen molar-refractivity contribution in [2.24, 2.45) is 5.92 Å². The second-order valence-electron chi connectivity index (χ2n) is 5.90. The Bertz CT molecular complexity index is 461. The van der Waals surface area contributed by atoms with Crippen molar-refractivity contribution in [3.63, 3.8) is 0 Å². The summed E-state index contributed by atoms with van der Waals surface area (Å²) in [5.74, 6) is 0.820. The largest absolute Gasteiger partial charge is 0.312 e. The van der Waals surface area contributed by atoms with Gasteiger partial charge in [-0.15, -0.1) is 0 Å². The third-order valence-electron chi connectivity index (χ3n) is 4.54. The number of hydrogen-bond acceptors (Lipinski definition) is 4. The van der Waals surface area contributed by atoms with Gasteiger partial charge in [0.15, 0.2) is 0 Å². The lowest BCUT2D eigenvalue weighted by atomic mass is 9.94. The van der Waals surface area contributed by atoms with Gasteiger partial charge in [-0.05, 0) is 37.3 Å². The third kappa shape index (κ3) is 2.99. The number of nitrogens with one attached hydrogen (secondary N) is 1. The fourth-order valence-electron chi connectivity index (χ4n) is 3.39. The van der Waals surface area contributed by atoms with E-state index in [1.165, 1.54) is 24.9 Å². The first-order valence-corrected chi connectivity index (χ1v) is 7.41. The van der Waals surface area contributed by atoms with Crippen LogP contribution in [-0.4, -0.2) is 42.0 Å². The van der Waals surface area contributed by atoms with E-state index >= 15 is 0 Å². The van der Waals surface area contributed by atoms with Gasteiger partial charge in [0, 0.05) is 37.8 Å². The monoisotopic (exact) mass is 275 g/mol. The molecule has 2 aliphatic heterocycles. The van der Waals surface area contributed by atoms with Crippen LogP contribution in [0.4, 0.5) is 5.69 Å². The normalized spacial score (nSPS) is 26.4. The van der Waals surface area contributed by atoms with Gasteiger partial charge in [-0.3, -0.25) is 10.1 Å². The summed E-state index contributed by atoms with van der Waals surface area (Å²) in [4.78, 5) is 12.8. The molecular weight excluding hydrogens is 254 g/mol. The molecule has 2 saturated heterocycles. The highest BCUT2D eigenvalue weighted by atomic mass is 16.6. The Morgan fingerprint density at radius 1 is 1.30 bits per heavy atom. The fourth-order valence-corrected chi connectivity index (χ4v) is 3.39. The molecular formula is C15H21N3O2. The van der Waals surface area contributed by atoms with E-state index in [-0.39, 0.29) is 10.6 Å². The molecule has 20 heavy (non-hydrogen) atoms. The van der Waals surface area contributed by atoms with Crippen LogP contribution in [0.25, 0.3) is 0 Å². The van der Waals surface area contributed by atoms with Gasteiger partial charge in [0.05, 0.1) is 4.92 Å². The number of hydrogen-bond donors (Lipinski definition) is 1. The van der Waals surface area contributed by atoms with Crippen LogP contribution in [0.5, 0.6) is 0 Å². The second kappa shape index (κ2) is 5.89. The number of nitro groups is 1. The first-order chi connectivity index (χ1) is 9.72. The highest BCUT2D eigenvalue weighted by molar-refractivity contribution is 5.32. The van der Waals surface area contributed by atoms with Crippen molar-refractivity contribution >= 4 is 5.69 Å². The Labute approximate surface area is 119 Å². The molecule has 2 aliphatic rings. The highest BCUT2D eigenvalue weighted by Gasteiger charge is 2.33. The molecule has 1 N–H and O–H groups in total. The van der Waals surface area contributed by atoms with Crippen LogP contribution < -0.4 is 5.32 Å². The Balaban J connectivity index is 1.51. The van der Waals surface area contributed by atoms with Gasteiger partial charge in [0.1, 0.15) is 0 Å². The van der Waals surface area contributed by atoms with Crippen molar-refractivity contribution in [3.8, 4) is 0 Å². The molecule has 0 radical (unpaired) electrons. The van der Waals surface area contributed by atoms with Crippen molar-refractivity contribution in [1.82, 2.24) is 10.2 Å². The fraction of sp³-hybridized carbons (Fsp3) is 0.600. The molecule has 2 atom stereocenters. The van der Waals surface area contributed by atoms with Gasteiger partial charge in [-0.2, -0.15) is 0 Å². The minimum atomic E-state index is -0.347. The average Bonchev–Trinajstić information content (AvgIpc) is 2.88. The lowest BCUT2D eigenvalue weighted by molar-refractivity contribution is -0.384. The zero-order valence-electron chi connectivity index (χ0n) is 11.6. The summed E-state index contributed by atoms with van der Waals surface area (Å²) < 4.78 is 0. The first-order valence-electron chi connectivity index (χ1n) is 7.41. The van der Waals surface area contributed by atoms with Crippen molar-refractivity contribution in [2.75, 3.05) is 26.2 Å². The Morgan fingerprint density at radius 3 is 2.80 bits per heavy atom. The maximum absolute atomic E-state index is 10.6. The Hall–Kier alpha value is -1.46. The van der Waals surface area contributed by atoms with Crippen LogP contribution in [0.3, 0.4) is 0 Å². The third-order valence-corrected chi connectivity index (χ3v) is 4.54. The summed E-state index contributed by atoms with van der Waals surface area (Å²) in [6.07, 6.45) is 3.63. The lowest BCUT2D eigenvalue weighted by Crippen LogP contribution is -2.40. The molecule has 2 fully saturated rings. The number of nitro benzene ring substituents is 1. The molecule has 0 saturated carbocycles. The van der Waals surface area contributed by atoms with Crippen LogP contribution in [0.1, 0.15) is 18.4 Å². The van der Waals surface area contributed by atoms with Crippen LogP contribution >= 0.6 is 0 Å². The van der Waals surface area contributed by atoms with Crippen LogP contribution in [0.2, 0.25) is 0 Å². The Kier molecular flexibility index (Phi) is 3.98. The van der Waals surface area contributed by atoms with Crippen LogP contribution in [-0.2, 0) is 6.42 Å². The number of rotatable bonds is 4. The molecule has 0 amide bonds. The van der Waals surface area contributed by atoms with Gasteiger partial charge in [-0.1, -0.05) is 12.1 Å². The highest BCUT2D eigenvalue weighted by Crippen LogP contribution is 2.25. The van der Waals surface area contributed by atoms with E-state index in [2.05, 4.69) is 10.2 Å². The van der Waals surface area contributed by atoms with E-state index in [1.54, 1.807) is 12.1 Å². The predicted octanol–water partition coefficient (Wildman–Crippen LogP) is 1.82. The summed E-state index contributed by atoms with van der Waals surface area (Å²) in [6, 6.07) is 7.63. The lowest BCUT2D eigenvalue weighted by Gasteiger charge is -2.24. The number of non-ortho nitro benzene ring substituents is 1. The van der Waals surface area contributed by atoms with Gasteiger partial charge in [0.25, 0.3) is 5.69 Å². The smallest absolute Gasteiger partial charge is 0.269 e. The molecule has 3 rings (SSSR count). The molecule has 0 bridgehead atoms. The van der Waals surface area contributed by atoms with E-state index < -0.39 is 0 Å². The van der Waals surface area contributed by atoms with Crippen LogP contribution in [0, 0.1) is 16.0 Å². The molecule has 1 aromatic carbocycles. The molecule has 2 unspecified atom stereocenters. The maximum atomic E-state index is 10.6. The van der Waals surface area contributed by atoms with Crippen molar-refractivity contribution < 1.29 is 4.92 Å². The molecule has 1 aromatic rings. The standard InChI is InChI=1S/C15H21N3O2/c19-18(20)14-5-3-12(4-6-14)7-9-17-10-13-2-1-8-16-15(13)11-17/h3-6,13,15-16H,1-2,7-11H2. The average molecular weight is 275 g/mol. The molecule has 5 heteroatoms. The van der Waals surface area contributed by atoms with E-state index in [1.807, 2.05) is 12.1 Å². The predicted molar refractivity (Wildman–Crippen MR) is 77.8 cm³/mol. The summed E-state index contributed by atoms with van der Waals surface area (Å²) in [6.45, 7) is 4.56. The number of piperidine rings is 1. The van der Waals surface area contributed by atoms with Crippen molar-refractivity contribution in [3.05, 3.63) is 39.9 Å². The zero-order chi connectivity index (χ0) is 13.9. The SMILES string of the molecule is O=[N+]([O-])c1ccc(CCN2CC3CCCNC3C2)cc1. The molecule has 108 valence electrons. The minimum Gasteiger partial charge on any atom is -0.312 e.